The molecule has 0 aliphatic rings. The van der Waals surface area contributed by atoms with Gasteiger partial charge in [-0.3, -0.25) is 4.79 Å². The number of rotatable bonds is 4. The van der Waals surface area contributed by atoms with Crippen LogP contribution in [-0.2, 0) is 0 Å². The van der Waals surface area contributed by atoms with E-state index in [2.05, 4.69) is 5.32 Å². The zero-order chi connectivity index (χ0) is 15.4. The van der Waals surface area contributed by atoms with E-state index in [9.17, 15) is 13.6 Å². The van der Waals surface area contributed by atoms with Crippen LogP contribution in [0.3, 0.4) is 0 Å². The maximum absolute atomic E-state index is 13.6. The third-order valence-corrected chi connectivity index (χ3v) is 2.83. The first kappa shape index (κ1) is 14.8. The summed E-state index contributed by atoms with van der Waals surface area (Å²) in [6.07, 6.45) is 0. The molecular formula is C15H13F2NO3. The summed E-state index contributed by atoms with van der Waals surface area (Å²) >= 11 is 0. The maximum Gasteiger partial charge on any atom is 0.263 e. The topological polar surface area (TPSA) is 47.6 Å². The molecular weight excluding hydrogens is 280 g/mol. The molecule has 0 aliphatic heterocycles. The highest BCUT2D eigenvalue weighted by atomic mass is 19.1. The van der Waals surface area contributed by atoms with Crippen molar-refractivity contribution in [1.29, 1.82) is 0 Å². The van der Waals surface area contributed by atoms with Crippen molar-refractivity contribution >= 4 is 11.6 Å². The molecule has 1 amide bonds. The molecule has 0 fully saturated rings. The number of ether oxygens (including phenoxy) is 2. The molecule has 0 aromatic heterocycles. The fraction of sp³-hybridized carbons (Fsp3) is 0.133. The number of halogens is 2. The summed E-state index contributed by atoms with van der Waals surface area (Å²) in [5, 5.41) is 2.36. The highest BCUT2D eigenvalue weighted by molar-refractivity contribution is 6.08. The smallest absolute Gasteiger partial charge is 0.263 e. The van der Waals surface area contributed by atoms with E-state index in [-0.39, 0.29) is 22.7 Å². The van der Waals surface area contributed by atoms with Crippen LogP contribution in [0.25, 0.3) is 0 Å². The third-order valence-electron chi connectivity index (χ3n) is 2.83. The van der Waals surface area contributed by atoms with Gasteiger partial charge in [0, 0.05) is 6.07 Å². The molecule has 0 heterocycles. The fourth-order valence-corrected chi connectivity index (χ4v) is 1.85. The van der Waals surface area contributed by atoms with Gasteiger partial charge in [-0.1, -0.05) is 6.07 Å². The average molecular weight is 293 g/mol. The Morgan fingerprint density at radius 2 is 1.67 bits per heavy atom. The van der Waals surface area contributed by atoms with Crippen LogP contribution in [0.5, 0.6) is 11.5 Å². The fourth-order valence-electron chi connectivity index (χ4n) is 1.85. The van der Waals surface area contributed by atoms with Crippen molar-refractivity contribution in [3.63, 3.8) is 0 Å². The lowest BCUT2D eigenvalue weighted by molar-refractivity contribution is 0.102. The van der Waals surface area contributed by atoms with Gasteiger partial charge in [0.25, 0.3) is 5.91 Å². The summed E-state index contributed by atoms with van der Waals surface area (Å²) < 4.78 is 36.6. The number of hydrogen-bond acceptors (Lipinski definition) is 3. The van der Waals surface area contributed by atoms with Gasteiger partial charge in [-0.05, 0) is 24.3 Å². The van der Waals surface area contributed by atoms with Crippen LogP contribution in [0.1, 0.15) is 10.4 Å². The molecule has 1 N–H and O–H groups in total. The zero-order valence-corrected chi connectivity index (χ0v) is 11.4. The molecule has 0 saturated carbocycles. The number of amides is 1. The van der Waals surface area contributed by atoms with Gasteiger partial charge in [0.1, 0.15) is 28.7 Å². The molecule has 110 valence electrons. The van der Waals surface area contributed by atoms with Crippen LogP contribution < -0.4 is 14.8 Å². The SMILES string of the molecule is COc1cccc(OC)c1C(=O)Nc1ccc(F)cc1F. The summed E-state index contributed by atoms with van der Waals surface area (Å²) in [6, 6.07) is 7.71. The highest BCUT2D eigenvalue weighted by Gasteiger charge is 2.19. The summed E-state index contributed by atoms with van der Waals surface area (Å²) in [4.78, 5) is 12.3. The maximum atomic E-state index is 13.6. The van der Waals surface area contributed by atoms with Crippen LogP contribution >= 0.6 is 0 Å². The second-order valence-corrected chi connectivity index (χ2v) is 4.12. The van der Waals surface area contributed by atoms with Gasteiger partial charge in [-0.2, -0.15) is 0 Å². The molecule has 4 nitrogen and oxygen atoms in total. The summed E-state index contributed by atoms with van der Waals surface area (Å²) in [7, 11) is 2.81. The molecule has 21 heavy (non-hydrogen) atoms. The van der Waals surface area contributed by atoms with E-state index in [1.165, 1.54) is 14.2 Å². The van der Waals surface area contributed by atoms with Crippen LogP contribution in [0.4, 0.5) is 14.5 Å². The van der Waals surface area contributed by atoms with E-state index >= 15 is 0 Å². The monoisotopic (exact) mass is 293 g/mol. The third kappa shape index (κ3) is 3.10. The molecule has 2 aromatic carbocycles. The number of methoxy groups -OCH3 is 2. The number of carbonyl (C=O) groups is 1. The molecule has 0 bridgehead atoms. The van der Waals surface area contributed by atoms with Gasteiger partial charge in [-0.15, -0.1) is 0 Å². The molecule has 2 rings (SSSR count). The van der Waals surface area contributed by atoms with E-state index in [0.29, 0.717) is 6.07 Å². The summed E-state index contributed by atoms with van der Waals surface area (Å²) in [5.74, 6) is -1.63. The number of carbonyl (C=O) groups excluding carboxylic acids is 1. The van der Waals surface area contributed by atoms with Crippen molar-refractivity contribution in [2.24, 2.45) is 0 Å². The van der Waals surface area contributed by atoms with Gasteiger partial charge in [-0.25, -0.2) is 8.78 Å². The Morgan fingerprint density at radius 3 is 2.19 bits per heavy atom. The second-order valence-electron chi connectivity index (χ2n) is 4.12. The van der Waals surface area contributed by atoms with Crippen molar-refractivity contribution in [3.8, 4) is 11.5 Å². The van der Waals surface area contributed by atoms with Crippen LogP contribution in [0.15, 0.2) is 36.4 Å². The van der Waals surface area contributed by atoms with Crippen LogP contribution in [0, 0.1) is 11.6 Å². The Balaban J connectivity index is 2.36. The average Bonchev–Trinajstić information content (AvgIpc) is 2.49. The van der Waals surface area contributed by atoms with Crippen molar-refractivity contribution in [1.82, 2.24) is 0 Å². The predicted octanol–water partition coefficient (Wildman–Crippen LogP) is 3.23. The van der Waals surface area contributed by atoms with E-state index in [1.54, 1.807) is 18.2 Å². The van der Waals surface area contributed by atoms with E-state index in [4.69, 9.17) is 9.47 Å². The predicted molar refractivity (Wildman–Crippen MR) is 73.9 cm³/mol. The quantitative estimate of drug-likeness (QED) is 0.941. The lowest BCUT2D eigenvalue weighted by Crippen LogP contribution is -2.15. The Labute approximate surface area is 120 Å². The molecule has 6 heteroatoms. The Bertz CT molecular complexity index is 652. The van der Waals surface area contributed by atoms with Gasteiger partial charge in [0.05, 0.1) is 19.9 Å². The lowest BCUT2D eigenvalue weighted by atomic mass is 10.1. The number of nitrogens with one attached hydrogen (secondary N) is 1. The molecule has 0 spiro atoms. The standard InChI is InChI=1S/C15H13F2NO3/c1-20-12-4-3-5-13(21-2)14(12)15(19)18-11-7-6-9(16)8-10(11)17/h3-8H,1-2H3,(H,18,19). The molecule has 0 unspecified atom stereocenters. The van der Waals surface area contributed by atoms with Crippen molar-refractivity contribution in [3.05, 3.63) is 53.6 Å². The molecule has 0 atom stereocenters. The minimum absolute atomic E-state index is 0.130. The highest BCUT2D eigenvalue weighted by Crippen LogP contribution is 2.29. The van der Waals surface area contributed by atoms with Crippen LogP contribution in [-0.4, -0.2) is 20.1 Å². The molecule has 0 radical (unpaired) electrons. The van der Waals surface area contributed by atoms with Gasteiger partial charge >= 0.3 is 0 Å². The lowest BCUT2D eigenvalue weighted by Gasteiger charge is -2.13. The largest absolute Gasteiger partial charge is 0.496 e. The normalized spacial score (nSPS) is 10.1. The minimum Gasteiger partial charge on any atom is -0.496 e. The Hall–Kier alpha value is -2.63. The van der Waals surface area contributed by atoms with Crippen molar-refractivity contribution in [2.75, 3.05) is 19.5 Å². The zero-order valence-electron chi connectivity index (χ0n) is 11.4. The first-order valence-corrected chi connectivity index (χ1v) is 6.04. The van der Waals surface area contributed by atoms with Gasteiger partial charge in [0.15, 0.2) is 0 Å². The molecule has 0 saturated heterocycles. The second kappa shape index (κ2) is 6.21. The molecule has 2 aromatic rings. The number of hydrogen-bond donors (Lipinski definition) is 1. The van der Waals surface area contributed by atoms with E-state index in [1.807, 2.05) is 0 Å². The first-order valence-electron chi connectivity index (χ1n) is 6.04. The van der Waals surface area contributed by atoms with E-state index < -0.39 is 17.5 Å². The first-order chi connectivity index (χ1) is 10.1. The number of anilines is 1. The minimum atomic E-state index is -0.864. The molecule has 0 aliphatic carbocycles. The Morgan fingerprint density at radius 1 is 1.05 bits per heavy atom. The van der Waals surface area contributed by atoms with Crippen molar-refractivity contribution in [2.45, 2.75) is 0 Å². The summed E-state index contributed by atoms with van der Waals surface area (Å²) in [6.45, 7) is 0. The van der Waals surface area contributed by atoms with Crippen molar-refractivity contribution < 1.29 is 23.0 Å². The number of benzene rings is 2. The van der Waals surface area contributed by atoms with E-state index in [0.717, 1.165) is 12.1 Å². The Kier molecular flexibility index (Phi) is 4.37. The van der Waals surface area contributed by atoms with Gasteiger partial charge in [0.2, 0.25) is 0 Å². The van der Waals surface area contributed by atoms with Crippen LogP contribution in [0.2, 0.25) is 0 Å². The van der Waals surface area contributed by atoms with Gasteiger partial charge < -0.3 is 14.8 Å². The summed E-state index contributed by atoms with van der Waals surface area (Å²) in [5.41, 5.74) is 0.000541.